The smallest absolute Gasteiger partial charge is 0.0855 e. The van der Waals surface area contributed by atoms with E-state index < -0.39 is 0 Å². The lowest BCUT2D eigenvalue weighted by Crippen LogP contribution is -2.54. The van der Waals surface area contributed by atoms with Crippen LogP contribution in [0.4, 0.5) is 0 Å². The van der Waals surface area contributed by atoms with Gasteiger partial charge in [-0.2, -0.15) is 0 Å². The lowest BCUT2D eigenvalue weighted by molar-refractivity contribution is -0.0657. The Kier molecular flexibility index (Phi) is 6.35. The highest BCUT2D eigenvalue weighted by Crippen LogP contribution is 2.24. The average molecular weight is 266 g/mol. The van der Waals surface area contributed by atoms with Crippen LogP contribution in [0.5, 0.6) is 0 Å². The molecule has 0 aromatic rings. The monoisotopic (exact) mass is 266 g/mol. The number of morpholine rings is 1. The number of nitrogens with one attached hydrogen (secondary N) is 1. The second-order valence-corrected chi connectivity index (χ2v) is 5.94. The van der Waals surface area contributed by atoms with Crippen LogP contribution in [-0.2, 0) is 4.74 Å². The van der Waals surface area contributed by atoms with Gasteiger partial charge in [-0.1, -0.05) is 13.0 Å². The van der Waals surface area contributed by atoms with E-state index in [2.05, 4.69) is 23.7 Å². The molecule has 0 radical (unpaired) electrons. The first kappa shape index (κ1) is 15.0. The average Bonchev–Trinajstić information content (AvgIpc) is 2.90. The van der Waals surface area contributed by atoms with Gasteiger partial charge in [0.25, 0.3) is 0 Å². The largest absolute Gasteiger partial charge is 0.374 e. The highest BCUT2D eigenvalue weighted by atomic mass is 16.5. The standard InChI is InChI=1S/C16H30N2O/c1-3-5-6-9-15(17-10-4-2)16-12-18-11-7-8-14(18)13-19-16/h3,14-17H,1,4-13H2,2H3. The summed E-state index contributed by atoms with van der Waals surface area (Å²) in [6.45, 7) is 10.5. The Hall–Kier alpha value is -0.380. The molecule has 3 heteroatoms. The molecule has 3 unspecified atom stereocenters. The molecule has 2 saturated heterocycles. The molecular weight excluding hydrogens is 236 g/mol. The minimum atomic E-state index is 0.380. The maximum atomic E-state index is 6.15. The van der Waals surface area contributed by atoms with Gasteiger partial charge in [0.05, 0.1) is 12.7 Å². The molecule has 2 aliphatic heterocycles. The zero-order chi connectivity index (χ0) is 13.5. The van der Waals surface area contributed by atoms with E-state index in [1.54, 1.807) is 0 Å². The fourth-order valence-corrected chi connectivity index (χ4v) is 3.32. The summed E-state index contributed by atoms with van der Waals surface area (Å²) in [5.41, 5.74) is 0. The van der Waals surface area contributed by atoms with Crippen LogP contribution in [0.1, 0.15) is 45.4 Å². The van der Waals surface area contributed by atoms with E-state index in [-0.39, 0.29) is 0 Å². The van der Waals surface area contributed by atoms with Crippen LogP contribution in [0, 0.1) is 0 Å². The predicted molar refractivity (Wildman–Crippen MR) is 80.5 cm³/mol. The quantitative estimate of drug-likeness (QED) is 0.540. The zero-order valence-electron chi connectivity index (χ0n) is 12.4. The number of nitrogens with zero attached hydrogens (tertiary/aromatic N) is 1. The third kappa shape index (κ3) is 4.30. The van der Waals surface area contributed by atoms with Crippen molar-refractivity contribution < 1.29 is 4.74 Å². The van der Waals surface area contributed by atoms with E-state index in [1.165, 1.54) is 38.6 Å². The van der Waals surface area contributed by atoms with Crippen molar-refractivity contribution in [1.29, 1.82) is 0 Å². The number of rotatable bonds is 8. The first-order valence-electron chi connectivity index (χ1n) is 8.05. The third-order valence-electron chi connectivity index (χ3n) is 4.44. The first-order valence-corrected chi connectivity index (χ1v) is 8.05. The van der Waals surface area contributed by atoms with Gasteiger partial charge < -0.3 is 10.1 Å². The predicted octanol–water partition coefficient (Wildman–Crippen LogP) is 2.57. The highest BCUT2D eigenvalue weighted by Gasteiger charge is 2.35. The van der Waals surface area contributed by atoms with Crippen molar-refractivity contribution >= 4 is 0 Å². The van der Waals surface area contributed by atoms with E-state index >= 15 is 0 Å². The van der Waals surface area contributed by atoms with E-state index in [4.69, 9.17) is 4.74 Å². The number of hydrogen-bond acceptors (Lipinski definition) is 3. The molecule has 110 valence electrons. The van der Waals surface area contributed by atoms with Crippen LogP contribution < -0.4 is 5.32 Å². The van der Waals surface area contributed by atoms with E-state index in [0.29, 0.717) is 18.2 Å². The topological polar surface area (TPSA) is 24.5 Å². The van der Waals surface area contributed by atoms with Crippen molar-refractivity contribution in [3.8, 4) is 0 Å². The molecule has 0 spiro atoms. The summed E-state index contributed by atoms with van der Waals surface area (Å²) in [6, 6.07) is 1.22. The SMILES string of the molecule is C=CCCCC(NCCC)C1CN2CCCC2CO1. The molecule has 0 aromatic heterocycles. The van der Waals surface area contributed by atoms with Crippen molar-refractivity contribution in [2.45, 2.75) is 63.6 Å². The van der Waals surface area contributed by atoms with Gasteiger partial charge in [-0.3, -0.25) is 4.90 Å². The van der Waals surface area contributed by atoms with Crippen LogP contribution in [0.15, 0.2) is 12.7 Å². The second-order valence-electron chi connectivity index (χ2n) is 5.94. The minimum absolute atomic E-state index is 0.380. The van der Waals surface area contributed by atoms with Gasteiger partial charge in [0.1, 0.15) is 0 Å². The van der Waals surface area contributed by atoms with Crippen LogP contribution >= 0.6 is 0 Å². The van der Waals surface area contributed by atoms with Gasteiger partial charge in [-0.05, 0) is 51.6 Å². The number of ether oxygens (including phenoxy) is 1. The molecule has 1 N–H and O–H groups in total. The summed E-state index contributed by atoms with van der Waals surface area (Å²) < 4.78 is 6.15. The summed E-state index contributed by atoms with van der Waals surface area (Å²) in [6.07, 6.45) is 9.81. The van der Waals surface area contributed by atoms with Crippen LogP contribution in [-0.4, -0.2) is 49.3 Å². The molecule has 2 rings (SSSR count). The number of allylic oxidation sites excluding steroid dienone is 1. The van der Waals surface area contributed by atoms with Gasteiger partial charge in [0.15, 0.2) is 0 Å². The van der Waals surface area contributed by atoms with Gasteiger partial charge in [0, 0.05) is 18.6 Å². The fraction of sp³-hybridized carbons (Fsp3) is 0.875. The molecule has 3 atom stereocenters. The molecule has 3 nitrogen and oxygen atoms in total. The van der Waals surface area contributed by atoms with Gasteiger partial charge in [-0.25, -0.2) is 0 Å². The van der Waals surface area contributed by atoms with Crippen molar-refractivity contribution in [2.75, 3.05) is 26.2 Å². The van der Waals surface area contributed by atoms with Crippen molar-refractivity contribution in [3.05, 3.63) is 12.7 Å². The van der Waals surface area contributed by atoms with Gasteiger partial charge >= 0.3 is 0 Å². The van der Waals surface area contributed by atoms with Crippen molar-refractivity contribution in [1.82, 2.24) is 10.2 Å². The van der Waals surface area contributed by atoms with Gasteiger partial charge in [-0.15, -0.1) is 6.58 Å². The second kappa shape index (κ2) is 8.03. The molecule has 0 aliphatic carbocycles. The third-order valence-corrected chi connectivity index (χ3v) is 4.44. The van der Waals surface area contributed by atoms with Crippen LogP contribution in [0.3, 0.4) is 0 Å². The number of unbranched alkanes of at least 4 members (excludes halogenated alkanes) is 1. The van der Waals surface area contributed by atoms with E-state index in [0.717, 1.165) is 26.1 Å². The molecule has 0 aromatic carbocycles. The Morgan fingerprint density at radius 3 is 3.21 bits per heavy atom. The summed E-state index contributed by atoms with van der Waals surface area (Å²) in [5.74, 6) is 0. The van der Waals surface area contributed by atoms with Gasteiger partial charge in [0.2, 0.25) is 0 Å². The molecule has 2 heterocycles. The Bertz CT molecular complexity index is 269. The summed E-state index contributed by atoms with van der Waals surface area (Å²) in [5, 5.41) is 3.69. The summed E-state index contributed by atoms with van der Waals surface area (Å²) in [4.78, 5) is 2.64. The first-order chi connectivity index (χ1) is 9.35. The Morgan fingerprint density at radius 2 is 2.42 bits per heavy atom. The van der Waals surface area contributed by atoms with Crippen molar-refractivity contribution in [3.63, 3.8) is 0 Å². The maximum Gasteiger partial charge on any atom is 0.0855 e. The van der Waals surface area contributed by atoms with E-state index in [9.17, 15) is 0 Å². The van der Waals surface area contributed by atoms with Crippen LogP contribution in [0.25, 0.3) is 0 Å². The Labute approximate surface area is 118 Å². The molecule has 2 fully saturated rings. The van der Waals surface area contributed by atoms with Crippen molar-refractivity contribution in [2.24, 2.45) is 0 Å². The summed E-state index contributed by atoms with van der Waals surface area (Å²) >= 11 is 0. The van der Waals surface area contributed by atoms with E-state index in [1.807, 2.05) is 6.08 Å². The zero-order valence-corrected chi connectivity index (χ0v) is 12.4. The molecular formula is C16H30N2O. The molecule has 19 heavy (non-hydrogen) atoms. The Morgan fingerprint density at radius 1 is 1.53 bits per heavy atom. The van der Waals surface area contributed by atoms with Crippen LogP contribution in [0.2, 0.25) is 0 Å². The number of fused-ring (bicyclic) bond motifs is 1. The Balaban J connectivity index is 1.83. The lowest BCUT2D eigenvalue weighted by atomic mass is 10.0. The molecule has 0 saturated carbocycles. The minimum Gasteiger partial charge on any atom is -0.374 e. The molecule has 0 amide bonds. The number of hydrogen-bond donors (Lipinski definition) is 1. The highest BCUT2D eigenvalue weighted by molar-refractivity contribution is 4.90. The molecule has 2 aliphatic rings. The normalized spacial score (nSPS) is 29.1. The summed E-state index contributed by atoms with van der Waals surface area (Å²) in [7, 11) is 0. The maximum absolute atomic E-state index is 6.15. The fourth-order valence-electron chi connectivity index (χ4n) is 3.32. The lowest BCUT2D eigenvalue weighted by Gasteiger charge is -2.39. The molecule has 0 bridgehead atoms.